The largest absolute Gasteiger partial charge is 0.496 e. The zero-order chi connectivity index (χ0) is 14.5. The highest BCUT2D eigenvalue weighted by Gasteiger charge is 2.25. The second-order valence-electron chi connectivity index (χ2n) is 5.14. The minimum Gasteiger partial charge on any atom is -0.496 e. The smallest absolute Gasteiger partial charge is 0.257 e. The van der Waals surface area contributed by atoms with Crippen LogP contribution in [0.5, 0.6) is 5.75 Å². The van der Waals surface area contributed by atoms with Crippen LogP contribution in [0, 0.1) is 5.92 Å². The van der Waals surface area contributed by atoms with Crippen molar-refractivity contribution in [2.24, 2.45) is 5.92 Å². The van der Waals surface area contributed by atoms with E-state index in [0.717, 1.165) is 36.9 Å². The number of carbonyl (C=O) groups is 1. The third-order valence-corrected chi connectivity index (χ3v) is 4.28. The third kappa shape index (κ3) is 3.52. The number of hydrogen-bond acceptors (Lipinski definition) is 3. The number of nitrogens with zero attached hydrogens (tertiary/aromatic N) is 1. The summed E-state index contributed by atoms with van der Waals surface area (Å²) in [5.74, 6) is 1.37. The quantitative estimate of drug-likeness (QED) is 0.915. The number of benzene rings is 1. The molecular formula is C15H21BrN2O2. The van der Waals surface area contributed by atoms with E-state index >= 15 is 0 Å². The number of methoxy groups -OCH3 is 1. The van der Waals surface area contributed by atoms with Gasteiger partial charge in [-0.3, -0.25) is 4.79 Å². The van der Waals surface area contributed by atoms with Crippen LogP contribution in [0.15, 0.2) is 22.7 Å². The van der Waals surface area contributed by atoms with Crippen LogP contribution in [-0.4, -0.2) is 44.6 Å². The van der Waals surface area contributed by atoms with Gasteiger partial charge < -0.3 is 15.0 Å². The molecule has 4 nitrogen and oxygen atoms in total. The summed E-state index contributed by atoms with van der Waals surface area (Å²) in [4.78, 5) is 14.5. The fraction of sp³-hybridized carbons (Fsp3) is 0.533. The molecule has 110 valence electrons. The average molecular weight is 341 g/mol. The normalized spacial score (nSPS) is 16.2. The van der Waals surface area contributed by atoms with Crippen molar-refractivity contribution in [2.45, 2.75) is 12.8 Å². The number of nitrogens with one attached hydrogen (secondary N) is 1. The first kappa shape index (κ1) is 15.3. The highest BCUT2D eigenvalue weighted by molar-refractivity contribution is 9.10. The fourth-order valence-electron chi connectivity index (χ4n) is 2.64. The molecule has 1 heterocycles. The molecule has 1 aromatic rings. The zero-order valence-corrected chi connectivity index (χ0v) is 13.6. The number of halogens is 1. The Bertz CT molecular complexity index is 471. The van der Waals surface area contributed by atoms with Crippen molar-refractivity contribution in [2.75, 3.05) is 33.8 Å². The molecule has 1 N–H and O–H groups in total. The molecular weight excluding hydrogens is 320 g/mol. The van der Waals surface area contributed by atoms with E-state index < -0.39 is 0 Å². The summed E-state index contributed by atoms with van der Waals surface area (Å²) in [6, 6.07) is 5.54. The second-order valence-corrected chi connectivity index (χ2v) is 6.05. The lowest BCUT2D eigenvalue weighted by molar-refractivity contribution is 0.0687. The van der Waals surface area contributed by atoms with Crippen molar-refractivity contribution in [3.63, 3.8) is 0 Å². The van der Waals surface area contributed by atoms with E-state index in [1.165, 1.54) is 0 Å². The molecule has 1 aliphatic rings. The fourth-order valence-corrected chi connectivity index (χ4v) is 2.98. The lowest BCUT2D eigenvalue weighted by Gasteiger charge is -2.32. The number of piperidine rings is 1. The Morgan fingerprint density at radius 2 is 2.15 bits per heavy atom. The van der Waals surface area contributed by atoms with Crippen LogP contribution in [-0.2, 0) is 0 Å². The van der Waals surface area contributed by atoms with Gasteiger partial charge in [0.05, 0.1) is 12.7 Å². The van der Waals surface area contributed by atoms with Gasteiger partial charge in [-0.15, -0.1) is 0 Å². The van der Waals surface area contributed by atoms with Gasteiger partial charge in [0.2, 0.25) is 0 Å². The summed E-state index contributed by atoms with van der Waals surface area (Å²) in [6.45, 7) is 2.68. The Morgan fingerprint density at radius 3 is 2.75 bits per heavy atom. The molecule has 0 unspecified atom stereocenters. The van der Waals surface area contributed by atoms with Gasteiger partial charge in [0, 0.05) is 17.6 Å². The maximum atomic E-state index is 12.6. The summed E-state index contributed by atoms with van der Waals surface area (Å²) in [5, 5.41) is 3.21. The molecule has 0 aliphatic carbocycles. The van der Waals surface area contributed by atoms with E-state index in [1.807, 2.05) is 30.1 Å². The van der Waals surface area contributed by atoms with Crippen LogP contribution >= 0.6 is 15.9 Å². The third-order valence-electron chi connectivity index (χ3n) is 3.79. The Balaban J connectivity index is 2.05. The Hall–Kier alpha value is -1.07. The number of carbonyl (C=O) groups excluding carboxylic acids is 1. The van der Waals surface area contributed by atoms with Crippen LogP contribution in [0.2, 0.25) is 0 Å². The maximum absolute atomic E-state index is 12.6. The summed E-state index contributed by atoms with van der Waals surface area (Å²) < 4.78 is 6.23. The predicted octanol–water partition coefficient (Wildman–Crippen LogP) is 2.53. The van der Waals surface area contributed by atoms with Gasteiger partial charge >= 0.3 is 0 Å². The Kier molecular flexibility index (Phi) is 5.43. The van der Waals surface area contributed by atoms with Crippen LogP contribution in [0.3, 0.4) is 0 Å². The topological polar surface area (TPSA) is 41.6 Å². The van der Waals surface area contributed by atoms with Gasteiger partial charge in [0.1, 0.15) is 5.75 Å². The van der Waals surface area contributed by atoms with E-state index in [9.17, 15) is 4.79 Å². The molecule has 20 heavy (non-hydrogen) atoms. The molecule has 1 amide bonds. The van der Waals surface area contributed by atoms with Gasteiger partial charge in [0.15, 0.2) is 0 Å². The van der Waals surface area contributed by atoms with Gasteiger partial charge in [0.25, 0.3) is 5.91 Å². The van der Waals surface area contributed by atoms with E-state index in [1.54, 1.807) is 7.11 Å². The number of ether oxygens (including phenoxy) is 1. The summed E-state index contributed by atoms with van der Waals surface area (Å²) in [5.41, 5.74) is 0.641. The van der Waals surface area contributed by atoms with Crippen molar-refractivity contribution < 1.29 is 9.53 Å². The van der Waals surface area contributed by atoms with Crippen molar-refractivity contribution in [1.82, 2.24) is 10.2 Å². The number of likely N-dealkylation sites (tertiary alicyclic amines) is 1. The minimum atomic E-state index is 0.0669. The molecule has 0 aromatic heterocycles. The first-order valence-electron chi connectivity index (χ1n) is 6.93. The summed E-state index contributed by atoms with van der Waals surface area (Å²) in [6.07, 6.45) is 2.12. The van der Waals surface area contributed by atoms with E-state index in [2.05, 4.69) is 21.2 Å². The van der Waals surface area contributed by atoms with Crippen LogP contribution in [0.1, 0.15) is 23.2 Å². The van der Waals surface area contributed by atoms with Crippen LogP contribution in [0.25, 0.3) is 0 Å². The van der Waals surface area contributed by atoms with E-state index in [0.29, 0.717) is 17.2 Å². The summed E-state index contributed by atoms with van der Waals surface area (Å²) >= 11 is 3.40. The molecule has 1 fully saturated rings. The average Bonchev–Trinajstić information content (AvgIpc) is 2.47. The maximum Gasteiger partial charge on any atom is 0.257 e. The SMILES string of the molecule is CNCC1CCN(C(=O)c2ccc(Br)cc2OC)CC1. The van der Waals surface area contributed by atoms with Gasteiger partial charge in [-0.1, -0.05) is 15.9 Å². The lowest BCUT2D eigenvalue weighted by atomic mass is 9.96. The van der Waals surface area contributed by atoms with Gasteiger partial charge in [-0.25, -0.2) is 0 Å². The first-order valence-corrected chi connectivity index (χ1v) is 7.72. The van der Waals surface area contributed by atoms with Crippen molar-refractivity contribution in [3.8, 4) is 5.75 Å². The van der Waals surface area contributed by atoms with Crippen molar-refractivity contribution >= 4 is 21.8 Å². The molecule has 0 atom stereocenters. The zero-order valence-electron chi connectivity index (χ0n) is 12.0. The minimum absolute atomic E-state index is 0.0669. The molecule has 0 saturated carbocycles. The Morgan fingerprint density at radius 1 is 1.45 bits per heavy atom. The number of hydrogen-bond donors (Lipinski definition) is 1. The number of amides is 1. The van der Waals surface area contributed by atoms with Crippen molar-refractivity contribution in [1.29, 1.82) is 0 Å². The molecule has 2 rings (SSSR count). The second kappa shape index (κ2) is 7.09. The molecule has 5 heteroatoms. The van der Waals surface area contributed by atoms with E-state index in [-0.39, 0.29) is 5.91 Å². The number of rotatable bonds is 4. The Labute approximate surface area is 128 Å². The van der Waals surface area contributed by atoms with Gasteiger partial charge in [-0.05, 0) is 50.6 Å². The highest BCUT2D eigenvalue weighted by Crippen LogP contribution is 2.26. The van der Waals surface area contributed by atoms with Crippen LogP contribution in [0.4, 0.5) is 0 Å². The molecule has 1 aliphatic heterocycles. The molecule has 1 saturated heterocycles. The van der Waals surface area contributed by atoms with Crippen molar-refractivity contribution in [3.05, 3.63) is 28.2 Å². The molecule has 1 aromatic carbocycles. The van der Waals surface area contributed by atoms with Crippen LogP contribution < -0.4 is 10.1 Å². The lowest BCUT2D eigenvalue weighted by Crippen LogP contribution is -2.40. The molecule has 0 bridgehead atoms. The van der Waals surface area contributed by atoms with E-state index in [4.69, 9.17) is 4.74 Å². The highest BCUT2D eigenvalue weighted by atomic mass is 79.9. The predicted molar refractivity (Wildman–Crippen MR) is 83.2 cm³/mol. The first-order chi connectivity index (χ1) is 9.65. The van der Waals surface area contributed by atoms with Gasteiger partial charge in [-0.2, -0.15) is 0 Å². The molecule has 0 radical (unpaired) electrons. The standard InChI is InChI=1S/C15H21BrN2O2/c1-17-10-11-5-7-18(8-6-11)15(19)13-4-3-12(16)9-14(13)20-2/h3-4,9,11,17H,5-8,10H2,1-2H3. The monoisotopic (exact) mass is 340 g/mol. The molecule has 0 spiro atoms. The summed E-state index contributed by atoms with van der Waals surface area (Å²) in [7, 11) is 3.57.